The summed E-state index contributed by atoms with van der Waals surface area (Å²) in [5, 5.41) is 5.96. The summed E-state index contributed by atoms with van der Waals surface area (Å²) in [4.78, 5) is 11.5. The number of rotatable bonds is 9. The van der Waals surface area contributed by atoms with Crippen molar-refractivity contribution in [2.45, 2.75) is 19.9 Å². The van der Waals surface area contributed by atoms with Crippen LogP contribution in [0.15, 0.2) is 30.3 Å². The summed E-state index contributed by atoms with van der Waals surface area (Å²) in [7, 11) is 0. The van der Waals surface area contributed by atoms with Crippen molar-refractivity contribution in [1.82, 2.24) is 10.6 Å². The van der Waals surface area contributed by atoms with Crippen LogP contribution in [0.1, 0.15) is 18.9 Å². The third kappa shape index (κ3) is 7.04. The Bertz CT molecular complexity index is 328. The van der Waals surface area contributed by atoms with E-state index >= 15 is 0 Å². The van der Waals surface area contributed by atoms with E-state index in [2.05, 4.69) is 10.6 Å². The summed E-state index contributed by atoms with van der Waals surface area (Å²) in [6.45, 7) is 5.22. The van der Waals surface area contributed by atoms with Gasteiger partial charge in [-0.25, -0.2) is 0 Å². The van der Waals surface area contributed by atoms with Crippen molar-refractivity contribution in [3.8, 4) is 0 Å². The van der Waals surface area contributed by atoms with Gasteiger partial charge in [-0.05, 0) is 25.5 Å². The number of hydrogen-bond donors (Lipinski definition) is 2. The van der Waals surface area contributed by atoms with Gasteiger partial charge < -0.3 is 15.4 Å². The summed E-state index contributed by atoms with van der Waals surface area (Å²) < 4.78 is 5.21. The molecule has 0 saturated heterocycles. The number of benzene rings is 1. The summed E-state index contributed by atoms with van der Waals surface area (Å²) >= 11 is 0. The lowest BCUT2D eigenvalue weighted by atomic mass is 10.2. The fourth-order valence-electron chi connectivity index (χ4n) is 1.50. The molecule has 1 rings (SSSR count). The Morgan fingerprint density at radius 1 is 1.28 bits per heavy atom. The van der Waals surface area contributed by atoms with E-state index in [0.717, 1.165) is 31.7 Å². The average Bonchev–Trinajstić information content (AvgIpc) is 2.41. The predicted molar refractivity (Wildman–Crippen MR) is 72.3 cm³/mol. The van der Waals surface area contributed by atoms with Crippen molar-refractivity contribution >= 4 is 5.91 Å². The molecular formula is C14H22N2O2. The first kappa shape index (κ1) is 14.7. The molecule has 1 aromatic carbocycles. The molecule has 0 bridgehead atoms. The van der Waals surface area contributed by atoms with Crippen LogP contribution in [0.4, 0.5) is 0 Å². The molecule has 0 heterocycles. The number of nitrogens with one attached hydrogen (secondary N) is 2. The van der Waals surface area contributed by atoms with Crippen LogP contribution in [0, 0.1) is 0 Å². The van der Waals surface area contributed by atoms with Crippen molar-refractivity contribution < 1.29 is 9.53 Å². The predicted octanol–water partition coefficient (Wildman–Crippen LogP) is 1.32. The second-order valence-electron chi connectivity index (χ2n) is 3.99. The molecule has 1 amide bonds. The van der Waals surface area contributed by atoms with Gasteiger partial charge in [-0.15, -0.1) is 0 Å². The third-order valence-corrected chi connectivity index (χ3v) is 2.46. The van der Waals surface area contributed by atoms with Crippen LogP contribution in [0.25, 0.3) is 0 Å². The van der Waals surface area contributed by atoms with Crippen molar-refractivity contribution in [1.29, 1.82) is 0 Å². The van der Waals surface area contributed by atoms with Gasteiger partial charge in [0.25, 0.3) is 0 Å². The minimum Gasteiger partial charge on any atom is -0.382 e. The topological polar surface area (TPSA) is 50.4 Å². The second kappa shape index (κ2) is 9.62. The van der Waals surface area contributed by atoms with Crippen molar-refractivity contribution in [2.75, 3.05) is 26.3 Å². The van der Waals surface area contributed by atoms with Gasteiger partial charge >= 0.3 is 0 Å². The molecule has 0 fully saturated rings. The number of amides is 1. The highest BCUT2D eigenvalue weighted by atomic mass is 16.5. The molecule has 0 aliphatic heterocycles. The lowest BCUT2D eigenvalue weighted by Gasteiger charge is -2.07. The average molecular weight is 250 g/mol. The Morgan fingerprint density at radius 3 is 2.78 bits per heavy atom. The number of carbonyl (C=O) groups is 1. The molecule has 0 aliphatic rings. The Balaban J connectivity index is 2.01. The Labute approximate surface area is 109 Å². The summed E-state index contributed by atoms with van der Waals surface area (Å²) in [6.07, 6.45) is 0.930. The molecule has 0 aliphatic carbocycles. The van der Waals surface area contributed by atoms with E-state index in [9.17, 15) is 4.79 Å². The van der Waals surface area contributed by atoms with Gasteiger partial charge in [0.15, 0.2) is 0 Å². The molecule has 0 unspecified atom stereocenters. The van der Waals surface area contributed by atoms with E-state index in [1.165, 1.54) is 0 Å². The van der Waals surface area contributed by atoms with Crippen molar-refractivity contribution in [3.63, 3.8) is 0 Å². The van der Waals surface area contributed by atoms with Crippen molar-refractivity contribution in [2.24, 2.45) is 0 Å². The Kier molecular flexibility index (Phi) is 7.84. The minimum atomic E-state index is 0.0234. The minimum absolute atomic E-state index is 0.0234. The zero-order valence-electron chi connectivity index (χ0n) is 10.9. The van der Waals surface area contributed by atoms with Crippen LogP contribution < -0.4 is 10.6 Å². The van der Waals surface area contributed by atoms with E-state index in [0.29, 0.717) is 13.1 Å². The van der Waals surface area contributed by atoms with Crippen LogP contribution in [0.5, 0.6) is 0 Å². The van der Waals surface area contributed by atoms with Crippen LogP contribution in [0.2, 0.25) is 0 Å². The van der Waals surface area contributed by atoms with Crippen LogP contribution in [-0.4, -0.2) is 32.2 Å². The van der Waals surface area contributed by atoms with E-state index < -0.39 is 0 Å². The monoisotopic (exact) mass is 250 g/mol. The normalized spacial score (nSPS) is 10.3. The van der Waals surface area contributed by atoms with Gasteiger partial charge in [0.05, 0.1) is 6.54 Å². The smallest absolute Gasteiger partial charge is 0.234 e. The van der Waals surface area contributed by atoms with E-state index in [1.807, 2.05) is 37.3 Å². The number of carbonyl (C=O) groups excluding carboxylic acids is 1. The van der Waals surface area contributed by atoms with Gasteiger partial charge in [0.2, 0.25) is 5.91 Å². The van der Waals surface area contributed by atoms with E-state index in [4.69, 9.17) is 4.74 Å². The third-order valence-electron chi connectivity index (χ3n) is 2.46. The molecule has 4 nitrogen and oxygen atoms in total. The van der Waals surface area contributed by atoms with Gasteiger partial charge in [-0.2, -0.15) is 0 Å². The largest absolute Gasteiger partial charge is 0.382 e. The quantitative estimate of drug-likeness (QED) is 0.650. The van der Waals surface area contributed by atoms with Crippen molar-refractivity contribution in [3.05, 3.63) is 35.9 Å². The number of hydrogen-bond acceptors (Lipinski definition) is 3. The maximum absolute atomic E-state index is 11.5. The Hall–Kier alpha value is -1.39. The summed E-state index contributed by atoms with van der Waals surface area (Å²) in [5.74, 6) is 0.0234. The standard InChI is InChI=1S/C14H22N2O2/c1-2-18-10-6-9-15-12-14(17)16-11-13-7-4-3-5-8-13/h3-5,7-8,15H,2,6,9-12H2,1H3,(H,16,17). The maximum atomic E-state index is 11.5. The first-order valence-electron chi connectivity index (χ1n) is 6.42. The molecule has 4 heteroatoms. The summed E-state index contributed by atoms with van der Waals surface area (Å²) in [5.41, 5.74) is 1.11. The molecule has 0 radical (unpaired) electrons. The lowest BCUT2D eigenvalue weighted by molar-refractivity contribution is -0.120. The molecule has 0 aromatic heterocycles. The molecule has 0 saturated carbocycles. The zero-order valence-corrected chi connectivity index (χ0v) is 10.9. The van der Waals surface area contributed by atoms with Crippen LogP contribution in [-0.2, 0) is 16.1 Å². The molecule has 1 aromatic rings. The SMILES string of the molecule is CCOCCCNCC(=O)NCc1ccccc1. The zero-order chi connectivity index (χ0) is 13.1. The van der Waals surface area contributed by atoms with Crippen LogP contribution in [0.3, 0.4) is 0 Å². The maximum Gasteiger partial charge on any atom is 0.234 e. The van der Waals surface area contributed by atoms with Crippen LogP contribution >= 0.6 is 0 Å². The van der Waals surface area contributed by atoms with Gasteiger partial charge in [0, 0.05) is 19.8 Å². The first-order chi connectivity index (χ1) is 8.83. The van der Waals surface area contributed by atoms with Gasteiger partial charge in [0.1, 0.15) is 0 Å². The number of ether oxygens (including phenoxy) is 1. The summed E-state index contributed by atoms with van der Waals surface area (Å²) in [6, 6.07) is 9.89. The molecule has 100 valence electrons. The highest BCUT2D eigenvalue weighted by Crippen LogP contribution is 1.96. The molecule has 2 N–H and O–H groups in total. The molecule has 0 spiro atoms. The molecule has 0 atom stereocenters. The molecular weight excluding hydrogens is 228 g/mol. The van der Waals surface area contributed by atoms with Gasteiger partial charge in [-0.3, -0.25) is 4.79 Å². The fourth-order valence-corrected chi connectivity index (χ4v) is 1.50. The van der Waals surface area contributed by atoms with E-state index in [-0.39, 0.29) is 5.91 Å². The first-order valence-corrected chi connectivity index (χ1v) is 6.42. The fraction of sp³-hybridized carbons (Fsp3) is 0.500. The van der Waals surface area contributed by atoms with E-state index in [1.54, 1.807) is 0 Å². The highest BCUT2D eigenvalue weighted by molar-refractivity contribution is 5.77. The lowest BCUT2D eigenvalue weighted by Crippen LogP contribution is -2.34. The second-order valence-corrected chi connectivity index (χ2v) is 3.99. The molecule has 18 heavy (non-hydrogen) atoms. The Morgan fingerprint density at radius 2 is 2.06 bits per heavy atom. The van der Waals surface area contributed by atoms with Gasteiger partial charge in [-0.1, -0.05) is 30.3 Å². The highest BCUT2D eigenvalue weighted by Gasteiger charge is 1.99.